The third-order valence-corrected chi connectivity index (χ3v) is 2.05. The van der Waals surface area contributed by atoms with Gasteiger partial charge < -0.3 is 0 Å². The van der Waals surface area contributed by atoms with E-state index in [9.17, 15) is 14.9 Å². The van der Waals surface area contributed by atoms with Crippen LogP contribution in [-0.2, 0) is 0 Å². The van der Waals surface area contributed by atoms with E-state index in [1.807, 2.05) is 0 Å². The van der Waals surface area contributed by atoms with Gasteiger partial charge in [0, 0.05) is 26.2 Å². The maximum Gasteiger partial charge on any atom is 0.270 e. The number of non-ortho nitro benzene ring substituents is 1. The summed E-state index contributed by atoms with van der Waals surface area (Å²) < 4.78 is 0. The second-order valence-electron chi connectivity index (χ2n) is 3.26. The van der Waals surface area contributed by atoms with E-state index in [2.05, 4.69) is 5.43 Å². The largest absolute Gasteiger partial charge is 0.285 e. The van der Waals surface area contributed by atoms with E-state index in [4.69, 9.17) is 11.6 Å². The van der Waals surface area contributed by atoms with E-state index in [-0.39, 0.29) is 16.3 Å². The molecule has 0 fully saturated rings. The summed E-state index contributed by atoms with van der Waals surface area (Å²) >= 11 is 5.77. The Balaban J connectivity index is 2.99. The van der Waals surface area contributed by atoms with Gasteiger partial charge in [0.15, 0.2) is 0 Å². The minimum Gasteiger partial charge on any atom is -0.285 e. The predicted molar refractivity (Wildman–Crippen MR) is 59.3 cm³/mol. The molecule has 1 aromatic rings. The van der Waals surface area contributed by atoms with Gasteiger partial charge in [-0.05, 0) is 6.07 Å². The van der Waals surface area contributed by atoms with Crippen LogP contribution in [0.25, 0.3) is 0 Å². The van der Waals surface area contributed by atoms with Crippen LogP contribution in [0.15, 0.2) is 18.2 Å². The van der Waals surface area contributed by atoms with Crippen molar-refractivity contribution in [2.24, 2.45) is 0 Å². The minimum atomic E-state index is -0.570. The van der Waals surface area contributed by atoms with Crippen molar-refractivity contribution in [3.63, 3.8) is 0 Å². The minimum absolute atomic E-state index is 0.0496. The van der Waals surface area contributed by atoms with E-state index in [0.29, 0.717) is 0 Å². The maximum atomic E-state index is 11.6. The van der Waals surface area contributed by atoms with Crippen LogP contribution in [0.3, 0.4) is 0 Å². The second kappa shape index (κ2) is 4.91. The Morgan fingerprint density at radius 1 is 1.50 bits per heavy atom. The molecule has 0 atom stereocenters. The van der Waals surface area contributed by atoms with Crippen molar-refractivity contribution in [1.29, 1.82) is 0 Å². The topological polar surface area (TPSA) is 75.5 Å². The summed E-state index contributed by atoms with van der Waals surface area (Å²) in [4.78, 5) is 21.4. The predicted octanol–water partition coefficient (Wildman–Crippen LogP) is 1.45. The number of nitrogens with one attached hydrogen (secondary N) is 1. The first-order valence-corrected chi connectivity index (χ1v) is 4.72. The number of nitro groups is 1. The molecular formula is C9H10ClN3O3. The lowest BCUT2D eigenvalue weighted by Crippen LogP contribution is -2.36. The Kier molecular flexibility index (Phi) is 3.81. The van der Waals surface area contributed by atoms with Crippen LogP contribution < -0.4 is 5.43 Å². The molecule has 0 bridgehead atoms. The first-order valence-electron chi connectivity index (χ1n) is 4.34. The van der Waals surface area contributed by atoms with Crippen molar-refractivity contribution >= 4 is 23.2 Å². The van der Waals surface area contributed by atoms with Crippen LogP contribution in [0.2, 0.25) is 5.02 Å². The molecule has 7 heteroatoms. The van der Waals surface area contributed by atoms with E-state index >= 15 is 0 Å². The van der Waals surface area contributed by atoms with Gasteiger partial charge in [0.1, 0.15) is 0 Å². The van der Waals surface area contributed by atoms with E-state index in [0.717, 1.165) is 6.07 Å². The normalized spacial score (nSPS) is 10.2. The number of carbonyl (C=O) groups is 1. The molecule has 1 aromatic carbocycles. The number of benzene rings is 1. The van der Waals surface area contributed by atoms with Gasteiger partial charge in [-0.25, -0.2) is 5.01 Å². The lowest BCUT2D eigenvalue weighted by atomic mass is 10.2. The highest BCUT2D eigenvalue weighted by Crippen LogP contribution is 2.22. The van der Waals surface area contributed by atoms with E-state index in [1.165, 1.54) is 17.1 Å². The Morgan fingerprint density at radius 3 is 2.56 bits per heavy atom. The van der Waals surface area contributed by atoms with Gasteiger partial charge >= 0.3 is 0 Å². The Bertz CT molecular complexity index is 434. The van der Waals surface area contributed by atoms with Gasteiger partial charge in [0.25, 0.3) is 11.6 Å². The molecule has 0 unspecified atom stereocenters. The van der Waals surface area contributed by atoms with Crippen molar-refractivity contribution in [2.45, 2.75) is 0 Å². The van der Waals surface area contributed by atoms with Crippen LogP contribution in [0.4, 0.5) is 5.69 Å². The van der Waals surface area contributed by atoms with Crippen molar-refractivity contribution in [3.05, 3.63) is 38.9 Å². The summed E-state index contributed by atoms with van der Waals surface area (Å²) in [7, 11) is 3.30. The number of nitrogens with zero attached hydrogens (tertiary/aromatic N) is 2. The molecule has 0 aromatic heterocycles. The third-order valence-electron chi connectivity index (χ3n) is 1.73. The zero-order valence-electron chi connectivity index (χ0n) is 8.73. The standard InChI is InChI=1S/C9H10ClN3O3/c1-12(2)11-9(14)7-4-3-6(13(15)16)5-8(7)10/h3-5H,1-2H3,(H,11,14). The highest BCUT2D eigenvalue weighted by atomic mass is 35.5. The first-order chi connectivity index (χ1) is 7.41. The van der Waals surface area contributed by atoms with Crippen molar-refractivity contribution in [1.82, 2.24) is 10.4 Å². The highest BCUT2D eigenvalue weighted by molar-refractivity contribution is 6.34. The van der Waals surface area contributed by atoms with Crippen molar-refractivity contribution in [2.75, 3.05) is 14.1 Å². The van der Waals surface area contributed by atoms with Gasteiger partial charge in [-0.2, -0.15) is 0 Å². The second-order valence-corrected chi connectivity index (χ2v) is 3.66. The van der Waals surface area contributed by atoms with Gasteiger partial charge in [0.2, 0.25) is 0 Å². The number of hydrogen-bond donors (Lipinski definition) is 1. The SMILES string of the molecule is CN(C)NC(=O)c1ccc([N+](=O)[O-])cc1Cl. The number of hydrazine groups is 1. The number of amides is 1. The molecular weight excluding hydrogens is 234 g/mol. The van der Waals surface area contributed by atoms with Gasteiger partial charge in [0.05, 0.1) is 15.5 Å². The molecule has 0 aliphatic carbocycles. The average molecular weight is 244 g/mol. The van der Waals surface area contributed by atoms with Crippen molar-refractivity contribution < 1.29 is 9.72 Å². The van der Waals surface area contributed by atoms with Gasteiger partial charge in [-0.15, -0.1) is 0 Å². The van der Waals surface area contributed by atoms with Crippen LogP contribution in [0.1, 0.15) is 10.4 Å². The van der Waals surface area contributed by atoms with Crippen LogP contribution in [-0.4, -0.2) is 29.9 Å². The smallest absolute Gasteiger partial charge is 0.270 e. The average Bonchev–Trinajstić information content (AvgIpc) is 2.15. The molecule has 0 aliphatic rings. The first kappa shape index (κ1) is 12.4. The fourth-order valence-electron chi connectivity index (χ4n) is 1.07. The van der Waals surface area contributed by atoms with Crippen LogP contribution in [0, 0.1) is 10.1 Å². The quantitative estimate of drug-likeness (QED) is 0.644. The summed E-state index contributed by atoms with van der Waals surface area (Å²) in [5.41, 5.74) is 2.54. The van der Waals surface area contributed by atoms with Crippen LogP contribution >= 0.6 is 11.6 Å². The molecule has 1 N–H and O–H groups in total. The molecule has 0 saturated carbocycles. The lowest BCUT2D eigenvalue weighted by molar-refractivity contribution is -0.384. The van der Waals surface area contributed by atoms with Gasteiger partial charge in [-0.1, -0.05) is 11.6 Å². The van der Waals surface area contributed by atoms with E-state index in [1.54, 1.807) is 14.1 Å². The Hall–Kier alpha value is -1.66. The summed E-state index contributed by atoms with van der Waals surface area (Å²) in [5, 5.41) is 12.0. The van der Waals surface area contributed by atoms with Gasteiger partial charge in [-0.3, -0.25) is 20.3 Å². The number of carbonyl (C=O) groups excluding carboxylic acids is 1. The number of halogens is 1. The number of rotatable bonds is 3. The highest BCUT2D eigenvalue weighted by Gasteiger charge is 2.14. The molecule has 86 valence electrons. The molecule has 6 nitrogen and oxygen atoms in total. The summed E-state index contributed by atoms with van der Waals surface area (Å²) in [6.45, 7) is 0. The maximum absolute atomic E-state index is 11.6. The summed E-state index contributed by atoms with van der Waals surface area (Å²) in [6.07, 6.45) is 0. The Morgan fingerprint density at radius 2 is 2.12 bits per heavy atom. The zero-order chi connectivity index (χ0) is 12.3. The number of hydrogen-bond acceptors (Lipinski definition) is 4. The third kappa shape index (κ3) is 2.91. The molecule has 0 heterocycles. The summed E-state index contributed by atoms with van der Waals surface area (Å²) in [5.74, 6) is -0.412. The lowest BCUT2D eigenvalue weighted by Gasteiger charge is -2.12. The fraction of sp³-hybridized carbons (Fsp3) is 0.222. The zero-order valence-corrected chi connectivity index (χ0v) is 9.49. The van der Waals surface area contributed by atoms with E-state index < -0.39 is 10.8 Å². The Labute approximate surface area is 96.9 Å². The monoisotopic (exact) mass is 243 g/mol. The molecule has 1 rings (SSSR count). The molecule has 0 aliphatic heterocycles. The molecule has 0 saturated heterocycles. The molecule has 16 heavy (non-hydrogen) atoms. The number of nitro benzene ring substituents is 1. The molecule has 0 radical (unpaired) electrons. The summed E-state index contributed by atoms with van der Waals surface area (Å²) in [6, 6.07) is 3.70. The molecule has 0 spiro atoms. The van der Waals surface area contributed by atoms with Crippen LogP contribution in [0.5, 0.6) is 0 Å². The van der Waals surface area contributed by atoms with Crippen molar-refractivity contribution in [3.8, 4) is 0 Å². The molecule has 1 amide bonds. The fourth-order valence-corrected chi connectivity index (χ4v) is 1.33.